The van der Waals surface area contributed by atoms with E-state index in [4.69, 9.17) is 4.74 Å². The van der Waals surface area contributed by atoms with E-state index in [0.29, 0.717) is 5.92 Å². The largest absolute Gasteiger partial charge is 0.494 e. The summed E-state index contributed by atoms with van der Waals surface area (Å²) in [6.07, 6.45) is 4.23. The molecule has 0 aliphatic carbocycles. The maximum absolute atomic E-state index is 6.02. The zero-order valence-electron chi connectivity index (χ0n) is 21.2. The number of benzene rings is 3. The Bertz CT molecular complexity index is 1230. The third-order valence-electron chi connectivity index (χ3n) is 6.29. The van der Waals surface area contributed by atoms with Gasteiger partial charge in [-0.15, -0.1) is 11.3 Å². The van der Waals surface area contributed by atoms with E-state index in [1.54, 1.807) is 23.3 Å². The molecule has 0 saturated carbocycles. The van der Waals surface area contributed by atoms with Crippen LogP contribution >= 0.6 is 23.3 Å². The molecule has 36 heavy (non-hydrogen) atoms. The summed E-state index contributed by atoms with van der Waals surface area (Å²) in [7, 11) is 0. The molecule has 4 aromatic rings. The summed E-state index contributed by atoms with van der Waals surface area (Å²) in [5, 5.41) is 2.09. The average molecular weight is 514 g/mol. The predicted octanol–water partition coefficient (Wildman–Crippen LogP) is 9.11. The van der Waals surface area contributed by atoms with Crippen molar-refractivity contribution in [2.24, 2.45) is 5.92 Å². The van der Waals surface area contributed by atoms with Gasteiger partial charge in [0.25, 0.3) is 0 Å². The molecule has 1 atom stereocenters. The number of nitrogens with one attached hydrogen (secondary N) is 1. The Kier molecular flexibility index (Phi) is 9.71. The quantitative estimate of drug-likeness (QED) is 0.142. The van der Waals surface area contributed by atoms with Gasteiger partial charge < -0.3 is 9.46 Å². The second-order valence-electron chi connectivity index (χ2n) is 9.24. The molecule has 1 aromatic heterocycles. The molecule has 0 radical (unpaired) electrons. The van der Waals surface area contributed by atoms with Crippen LogP contribution in [0.2, 0.25) is 0 Å². The molecule has 4 rings (SSSR count). The molecular weight excluding hydrogens is 478 g/mol. The molecule has 0 saturated heterocycles. The van der Waals surface area contributed by atoms with Gasteiger partial charge in [0.1, 0.15) is 5.75 Å². The number of allylic oxidation sites excluding steroid dienone is 1. The minimum absolute atomic E-state index is 0.320. The fourth-order valence-corrected chi connectivity index (χ4v) is 5.70. The summed E-state index contributed by atoms with van der Waals surface area (Å²) >= 11 is 3.38. The predicted molar refractivity (Wildman–Crippen MR) is 157 cm³/mol. The normalized spacial score (nSPS) is 11.7. The van der Waals surface area contributed by atoms with Crippen molar-refractivity contribution in [2.75, 3.05) is 6.61 Å². The maximum Gasteiger partial charge on any atom is 0.119 e. The van der Waals surface area contributed by atoms with E-state index in [0.717, 1.165) is 43.7 Å². The monoisotopic (exact) mass is 513 g/mol. The zero-order chi connectivity index (χ0) is 25.2. The van der Waals surface area contributed by atoms with Gasteiger partial charge in [-0.2, -0.15) is 0 Å². The first-order valence-electron chi connectivity index (χ1n) is 12.6. The van der Waals surface area contributed by atoms with Crippen LogP contribution in [0.15, 0.2) is 107 Å². The lowest BCUT2D eigenvalue weighted by molar-refractivity contribution is 0.307. The van der Waals surface area contributed by atoms with E-state index in [1.807, 2.05) is 0 Å². The molecule has 0 aliphatic rings. The SMILES string of the molecule is C=C(NSc1cccs1)C(C)Cc1ccccc1-c1ccc(OCCCCc2cccc(C)c2)cc1. The fourth-order valence-electron chi connectivity index (χ4n) is 4.19. The first-order valence-corrected chi connectivity index (χ1v) is 14.3. The molecule has 2 nitrogen and oxygen atoms in total. The van der Waals surface area contributed by atoms with Crippen molar-refractivity contribution < 1.29 is 4.74 Å². The molecule has 1 heterocycles. The van der Waals surface area contributed by atoms with Crippen LogP contribution in [-0.4, -0.2) is 6.61 Å². The van der Waals surface area contributed by atoms with Crippen molar-refractivity contribution in [3.63, 3.8) is 0 Å². The summed E-state index contributed by atoms with van der Waals surface area (Å²) in [6, 6.07) is 30.2. The molecule has 0 spiro atoms. The van der Waals surface area contributed by atoms with E-state index < -0.39 is 0 Å². The van der Waals surface area contributed by atoms with Gasteiger partial charge in [-0.3, -0.25) is 0 Å². The van der Waals surface area contributed by atoms with Gasteiger partial charge in [0.2, 0.25) is 0 Å². The van der Waals surface area contributed by atoms with Crippen LogP contribution in [-0.2, 0) is 12.8 Å². The van der Waals surface area contributed by atoms with Crippen molar-refractivity contribution >= 4 is 23.3 Å². The summed E-state index contributed by atoms with van der Waals surface area (Å²) < 4.78 is 10.7. The number of rotatable bonds is 13. The van der Waals surface area contributed by atoms with Crippen molar-refractivity contribution in [3.8, 4) is 16.9 Å². The fraction of sp³-hybridized carbons (Fsp3) is 0.250. The highest BCUT2D eigenvalue weighted by Crippen LogP contribution is 2.29. The zero-order valence-corrected chi connectivity index (χ0v) is 22.8. The third-order valence-corrected chi connectivity index (χ3v) is 8.19. The van der Waals surface area contributed by atoms with E-state index in [2.05, 4.69) is 115 Å². The molecule has 0 fully saturated rings. The Hall–Kier alpha value is -2.95. The average Bonchev–Trinajstić information content (AvgIpc) is 3.42. The van der Waals surface area contributed by atoms with Gasteiger partial charge in [-0.1, -0.05) is 85.8 Å². The third kappa shape index (κ3) is 7.78. The molecule has 1 N–H and O–H groups in total. The first-order chi connectivity index (χ1) is 17.6. The van der Waals surface area contributed by atoms with Gasteiger partial charge in [0, 0.05) is 11.6 Å². The topological polar surface area (TPSA) is 21.3 Å². The first kappa shape index (κ1) is 26.1. The second kappa shape index (κ2) is 13.4. The van der Waals surface area contributed by atoms with Crippen LogP contribution in [0.4, 0.5) is 0 Å². The van der Waals surface area contributed by atoms with E-state index >= 15 is 0 Å². The molecule has 3 aromatic carbocycles. The minimum atomic E-state index is 0.320. The van der Waals surface area contributed by atoms with Crippen molar-refractivity contribution in [2.45, 2.75) is 43.7 Å². The van der Waals surface area contributed by atoms with Crippen LogP contribution in [0.3, 0.4) is 0 Å². The molecule has 186 valence electrons. The number of unbranched alkanes of at least 4 members (excludes halogenated alkanes) is 1. The van der Waals surface area contributed by atoms with Gasteiger partial charge in [0.15, 0.2) is 0 Å². The summed E-state index contributed by atoms with van der Waals surface area (Å²) in [5.41, 5.74) is 7.61. The van der Waals surface area contributed by atoms with Crippen LogP contribution in [0, 0.1) is 12.8 Å². The molecule has 0 amide bonds. The Balaban J connectivity index is 1.27. The van der Waals surface area contributed by atoms with Crippen LogP contribution < -0.4 is 9.46 Å². The van der Waals surface area contributed by atoms with Gasteiger partial charge in [0.05, 0.1) is 10.8 Å². The number of aryl methyl sites for hydroxylation is 2. The van der Waals surface area contributed by atoms with Gasteiger partial charge >= 0.3 is 0 Å². The van der Waals surface area contributed by atoms with E-state index in [1.165, 1.54) is 32.0 Å². The standard InChI is InChI=1S/C32H35NOS2/c1-24-10-8-12-27(22-24)11-6-7-20-34-30-18-16-28(17-19-30)31-14-5-4-13-29(31)23-25(2)26(3)33-36-32-15-9-21-35-32/h4-5,8-10,12-19,21-22,25,33H,3,6-7,11,20,23H2,1-2H3. The van der Waals surface area contributed by atoms with Crippen LogP contribution in [0.25, 0.3) is 11.1 Å². The highest BCUT2D eigenvalue weighted by Gasteiger charge is 2.12. The molecule has 1 unspecified atom stereocenters. The Morgan fingerprint density at radius 2 is 1.81 bits per heavy atom. The molecule has 0 aliphatic heterocycles. The van der Waals surface area contributed by atoms with Crippen molar-refractivity contribution in [1.29, 1.82) is 0 Å². The smallest absolute Gasteiger partial charge is 0.119 e. The van der Waals surface area contributed by atoms with Gasteiger partial charge in [-0.25, -0.2) is 0 Å². The van der Waals surface area contributed by atoms with Crippen LogP contribution in [0.5, 0.6) is 5.75 Å². The van der Waals surface area contributed by atoms with Crippen LogP contribution in [0.1, 0.15) is 36.5 Å². The highest BCUT2D eigenvalue weighted by atomic mass is 32.2. The number of hydrogen-bond donors (Lipinski definition) is 1. The second-order valence-corrected chi connectivity index (χ2v) is 11.3. The van der Waals surface area contributed by atoms with Crippen molar-refractivity contribution in [3.05, 3.63) is 119 Å². The lowest BCUT2D eigenvalue weighted by Gasteiger charge is -2.18. The Morgan fingerprint density at radius 1 is 0.972 bits per heavy atom. The number of ether oxygens (including phenoxy) is 1. The lowest BCUT2D eigenvalue weighted by atomic mass is 9.92. The summed E-state index contributed by atoms with van der Waals surface area (Å²) in [6.45, 7) is 9.41. The molecule has 4 heteroatoms. The summed E-state index contributed by atoms with van der Waals surface area (Å²) in [5.74, 6) is 1.25. The van der Waals surface area contributed by atoms with Gasteiger partial charge in [-0.05, 0) is 90.4 Å². The maximum atomic E-state index is 6.02. The van der Waals surface area contributed by atoms with Crippen molar-refractivity contribution in [1.82, 2.24) is 4.72 Å². The Morgan fingerprint density at radius 3 is 2.58 bits per heavy atom. The number of hydrogen-bond acceptors (Lipinski definition) is 4. The number of thiophene rings is 1. The van der Waals surface area contributed by atoms with E-state index in [-0.39, 0.29) is 0 Å². The minimum Gasteiger partial charge on any atom is -0.494 e. The lowest BCUT2D eigenvalue weighted by Crippen LogP contribution is -2.13. The molecular formula is C32H35NOS2. The molecule has 0 bridgehead atoms. The Labute approximate surface area is 224 Å². The summed E-state index contributed by atoms with van der Waals surface area (Å²) in [4.78, 5) is 0. The highest BCUT2D eigenvalue weighted by molar-refractivity contribution is 7.99. The van der Waals surface area contributed by atoms with E-state index in [9.17, 15) is 0 Å².